The average Bonchev–Trinajstić information content (AvgIpc) is 2.59. The zero-order chi connectivity index (χ0) is 9.26. The third-order valence-corrected chi connectivity index (χ3v) is 2.44. The van der Waals surface area contributed by atoms with Crippen molar-refractivity contribution >= 4 is 11.0 Å². The number of nitrogens with zero attached hydrogens (tertiary/aromatic N) is 1. The maximum atomic E-state index is 5.66. The molecular weight excluding hydrogens is 162 g/mol. The van der Waals surface area contributed by atoms with Crippen LogP contribution in [-0.4, -0.2) is 4.98 Å². The van der Waals surface area contributed by atoms with Crippen LogP contribution in [0.25, 0.3) is 11.0 Å². The predicted molar refractivity (Wildman–Crippen MR) is 52.7 cm³/mol. The molecule has 1 atom stereocenters. The van der Waals surface area contributed by atoms with E-state index in [2.05, 4.69) is 24.9 Å². The van der Waals surface area contributed by atoms with E-state index in [1.807, 2.05) is 6.07 Å². The fourth-order valence-electron chi connectivity index (χ4n) is 1.35. The Balaban J connectivity index is 2.49. The Hall–Kier alpha value is -1.31. The summed E-state index contributed by atoms with van der Waals surface area (Å²) in [6.07, 6.45) is 4.66. The zero-order valence-electron chi connectivity index (χ0n) is 7.95. The first-order valence-corrected chi connectivity index (χ1v) is 4.64. The number of fused-ring (bicyclic) bond motifs is 1. The normalized spacial score (nSPS) is 13.4. The lowest BCUT2D eigenvalue weighted by molar-refractivity contribution is 0.498. The van der Waals surface area contributed by atoms with E-state index >= 15 is 0 Å². The van der Waals surface area contributed by atoms with Crippen molar-refractivity contribution in [2.24, 2.45) is 0 Å². The van der Waals surface area contributed by atoms with Gasteiger partial charge in [-0.3, -0.25) is 4.98 Å². The fraction of sp³-hybridized carbons (Fsp3) is 0.364. The Bertz CT molecular complexity index is 372. The third kappa shape index (κ3) is 1.44. The molecule has 0 aliphatic rings. The second-order valence-corrected chi connectivity index (χ2v) is 3.37. The van der Waals surface area contributed by atoms with Crippen LogP contribution in [0.5, 0.6) is 0 Å². The molecule has 68 valence electrons. The van der Waals surface area contributed by atoms with Crippen LogP contribution in [0.15, 0.2) is 28.9 Å². The number of rotatable bonds is 2. The van der Waals surface area contributed by atoms with E-state index in [1.54, 1.807) is 12.4 Å². The zero-order valence-corrected chi connectivity index (χ0v) is 7.95. The van der Waals surface area contributed by atoms with Crippen LogP contribution in [0, 0.1) is 0 Å². The predicted octanol–water partition coefficient (Wildman–Crippen LogP) is 3.34. The van der Waals surface area contributed by atoms with E-state index in [0.29, 0.717) is 5.92 Å². The highest BCUT2D eigenvalue weighted by atomic mass is 16.3. The monoisotopic (exact) mass is 175 g/mol. The van der Waals surface area contributed by atoms with Crippen molar-refractivity contribution in [2.45, 2.75) is 26.2 Å². The molecule has 0 N–H and O–H groups in total. The molecular formula is C11H13NO. The SMILES string of the molecule is CCC(C)c1cc2ccncc2o1. The number of hydrogen-bond donors (Lipinski definition) is 0. The number of pyridine rings is 1. The molecule has 2 aromatic rings. The summed E-state index contributed by atoms with van der Waals surface area (Å²) in [5.74, 6) is 1.55. The molecule has 0 spiro atoms. The van der Waals surface area contributed by atoms with Gasteiger partial charge in [-0.25, -0.2) is 0 Å². The van der Waals surface area contributed by atoms with Gasteiger partial charge in [0.1, 0.15) is 5.76 Å². The lowest BCUT2D eigenvalue weighted by atomic mass is 10.1. The van der Waals surface area contributed by atoms with Crippen LogP contribution >= 0.6 is 0 Å². The summed E-state index contributed by atoms with van der Waals surface area (Å²) >= 11 is 0. The van der Waals surface area contributed by atoms with Gasteiger partial charge in [-0.1, -0.05) is 13.8 Å². The molecule has 0 aromatic carbocycles. The maximum absolute atomic E-state index is 5.66. The second-order valence-electron chi connectivity index (χ2n) is 3.37. The minimum absolute atomic E-state index is 0.493. The number of hydrogen-bond acceptors (Lipinski definition) is 2. The lowest BCUT2D eigenvalue weighted by Crippen LogP contribution is -1.86. The third-order valence-electron chi connectivity index (χ3n) is 2.44. The summed E-state index contributed by atoms with van der Waals surface area (Å²) in [4.78, 5) is 4.02. The van der Waals surface area contributed by atoms with Gasteiger partial charge < -0.3 is 4.42 Å². The molecule has 0 radical (unpaired) electrons. The molecule has 0 aliphatic heterocycles. The Morgan fingerprint density at radius 3 is 3.08 bits per heavy atom. The van der Waals surface area contributed by atoms with Crippen molar-refractivity contribution < 1.29 is 4.42 Å². The van der Waals surface area contributed by atoms with E-state index in [-0.39, 0.29) is 0 Å². The van der Waals surface area contributed by atoms with Crippen LogP contribution in [0.2, 0.25) is 0 Å². The topological polar surface area (TPSA) is 26.0 Å². The Morgan fingerprint density at radius 2 is 2.38 bits per heavy atom. The smallest absolute Gasteiger partial charge is 0.152 e. The van der Waals surface area contributed by atoms with Gasteiger partial charge in [-0.05, 0) is 18.6 Å². The van der Waals surface area contributed by atoms with Gasteiger partial charge in [0.2, 0.25) is 0 Å². The Morgan fingerprint density at radius 1 is 1.54 bits per heavy atom. The molecule has 0 aliphatic carbocycles. The van der Waals surface area contributed by atoms with Crippen molar-refractivity contribution in [2.75, 3.05) is 0 Å². The molecule has 0 saturated heterocycles. The van der Waals surface area contributed by atoms with E-state index in [9.17, 15) is 0 Å². The van der Waals surface area contributed by atoms with Gasteiger partial charge in [0, 0.05) is 17.5 Å². The molecule has 2 heteroatoms. The molecule has 2 aromatic heterocycles. The van der Waals surface area contributed by atoms with Gasteiger partial charge in [-0.2, -0.15) is 0 Å². The van der Waals surface area contributed by atoms with Gasteiger partial charge in [-0.15, -0.1) is 0 Å². The summed E-state index contributed by atoms with van der Waals surface area (Å²) in [6.45, 7) is 4.33. The Labute approximate surface area is 77.6 Å². The highest BCUT2D eigenvalue weighted by Gasteiger charge is 2.08. The summed E-state index contributed by atoms with van der Waals surface area (Å²) in [6, 6.07) is 4.08. The second kappa shape index (κ2) is 3.21. The van der Waals surface area contributed by atoms with E-state index in [1.165, 1.54) is 0 Å². The standard InChI is InChI=1S/C11H13NO/c1-3-8(2)10-6-9-4-5-12-7-11(9)13-10/h4-8H,3H2,1-2H3. The lowest BCUT2D eigenvalue weighted by Gasteiger charge is -2.01. The first-order valence-electron chi connectivity index (χ1n) is 4.64. The van der Waals surface area contributed by atoms with Crippen LogP contribution < -0.4 is 0 Å². The van der Waals surface area contributed by atoms with Crippen LogP contribution in [-0.2, 0) is 0 Å². The molecule has 0 bridgehead atoms. The first kappa shape index (κ1) is 8.30. The van der Waals surface area contributed by atoms with E-state index in [0.717, 1.165) is 23.2 Å². The van der Waals surface area contributed by atoms with Gasteiger partial charge in [0.05, 0.1) is 6.20 Å². The maximum Gasteiger partial charge on any atom is 0.152 e. The van der Waals surface area contributed by atoms with Crippen LogP contribution in [0.4, 0.5) is 0 Å². The Kier molecular flexibility index (Phi) is 2.05. The minimum atomic E-state index is 0.493. The van der Waals surface area contributed by atoms with Gasteiger partial charge in [0.15, 0.2) is 5.58 Å². The minimum Gasteiger partial charge on any atom is -0.459 e. The highest BCUT2D eigenvalue weighted by Crippen LogP contribution is 2.25. The van der Waals surface area contributed by atoms with E-state index in [4.69, 9.17) is 4.42 Å². The average molecular weight is 175 g/mol. The molecule has 13 heavy (non-hydrogen) atoms. The molecule has 2 rings (SSSR count). The first-order chi connectivity index (χ1) is 6.31. The summed E-state index contributed by atoms with van der Waals surface area (Å²) in [7, 11) is 0. The summed E-state index contributed by atoms with van der Waals surface area (Å²) in [5.41, 5.74) is 0.887. The van der Waals surface area contributed by atoms with Crippen molar-refractivity contribution in [1.82, 2.24) is 4.98 Å². The quantitative estimate of drug-likeness (QED) is 0.699. The molecule has 0 amide bonds. The largest absolute Gasteiger partial charge is 0.459 e. The molecule has 1 unspecified atom stereocenters. The van der Waals surface area contributed by atoms with Crippen LogP contribution in [0.1, 0.15) is 31.9 Å². The van der Waals surface area contributed by atoms with Crippen molar-refractivity contribution in [3.05, 3.63) is 30.3 Å². The van der Waals surface area contributed by atoms with Crippen molar-refractivity contribution in [3.63, 3.8) is 0 Å². The highest BCUT2D eigenvalue weighted by molar-refractivity contribution is 5.76. The number of furan rings is 1. The molecule has 0 fully saturated rings. The van der Waals surface area contributed by atoms with Crippen LogP contribution in [0.3, 0.4) is 0 Å². The molecule has 2 nitrogen and oxygen atoms in total. The number of aromatic nitrogens is 1. The molecule has 2 heterocycles. The van der Waals surface area contributed by atoms with Gasteiger partial charge >= 0.3 is 0 Å². The summed E-state index contributed by atoms with van der Waals surface area (Å²) in [5, 5.41) is 1.14. The van der Waals surface area contributed by atoms with Gasteiger partial charge in [0.25, 0.3) is 0 Å². The van der Waals surface area contributed by atoms with E-state index < -0.39 is 0 Å². The van der Waals surface area contributed by atoms with Crippen molar-refractivity contribution in [3.8, 4) is 0 Å². The summed E-state index contributed by atoms with van der Waals surface area (Å²) < 4.78 is 5.66. The molecule has 0 saturated carbocycles. The van der Waals surface area contributed by atoms with Crippen molar-refractivity contribution in [1.29, 1.82) is 0 Å². The fourth-order valence-corrected chi connectivity index (χ4v) is 1.35.